The Bertz CT molecular complexity index is 695. The minimum absolute atomic E-state index is 0.264. The predicted octanol–water partition coefficient (Wildman–Crippen LogP) is 3.72. The number of benzene rings is 2. The van der Waals surface area contributed by atoms with Crippen LogP contribution in [0.2, 0.25) is 0 Å². The van der Waals surface area contributed by atoms with Gasteiger partial charge in [-0.05, 0) is 49.9 Å². The number of aliphatic hydroxyl groups is 1. The van der Waals surface area contributed by atoms with Crippen molar-refractivity contribution < 1.29 is 14.6 Å². The highest BCUT2D eigenvalue weighted by molar-refractivity contribution is 5.27. The fourth-order valence-electron chi connectivity index (χ4n) is 3.48. The first-order chi connectivity index (χ1) is 13.1. The lowest BCUT2D eigenvalue weighted by Crippen LogP contribution is -2.39. The average molecular weight is 370 g/mol. The topological polar surface area (TPSA) is 41.9 Å². The van der Waals surface area contributed by atoms with Crippen LogP contribution in [-0.4, -0.2) is 48.5 Å². The van der Waals surface area contributed by atoms with Gasteiger partial charge in [-0.15, -0.1) is 0 Å². The second-order valence-electron chi connectivity index (χ2n) is 7.60. The van der Waals surface area contributed by atoms with Crippen LogP contribution in [0.25, 0.3) is 0 Å². The Kier molecular flexibility index (Phi) is 7.27. The Morgan fingerprint density at radius 1 is 1.15 bits per heavy atom. The van der Waals surface area contributed by atoms with Crippen LogP contribution in [0, 0.1) is 13.8 Å². The summed E-state index contributed by atoms with van der Waals surface area (Å²) in [5.41, 5.74) is 3.67. The standard InChI is InChI=1S/C23H31NO3/c1-18-8-10-20(11-9-18)14-24(16-23-7-4-12-26-23)15-21(25)17-27-22-6-3-5-19(2)13-22/h3,5-6,8-11,13,21,23,25H,4,7,12,14-17H2,1-2H3. The Balaban J connectivity index is 1.56. The molecule has 2 unspecified atom stereocenters. The molecule has 146 valence electrons. The first-order valence-corrected chi connectivity index (χ1v) is 9.85. The van der Waals surface area contributed by atoms with Crippen LogP contribution in [0.5, 0.6) is 5.75 Å². The van der Waals surface area contributed by atoms with Crippen molar-refractivity contribution in [3.63, 3.8) is 0 Å². The maximum absolute atomic E-state index is 10.5. The van der Waals surface area contributed by atoms with Crippen molar-refractivity contribution in [2.75, 3.05) is 26.3 Å². The van der Waals surface area contributed by atoms with Crippen LogP contribution < -0.4 is 4.74 Å². The lowest BCUT2D eigenvalue weighted by atomic mass is 10.1. The van der Waals surface area contributed by atoms with Crippen LogP contribution in [0.15, 0.2) is 48.5 Å². The Hall–Kier alpha value is -1.88. The van der Waals surface area contributed by atoms with E-state index >= 15 is 0 Å². The van der Waals surface area contributed by atoms with Crippen molar-refractivity contribution in [3.8, 4) is 5.75 Å². The highest BCUT2D eigenvalue weighted by Crippen LogP contribution is 2.17. The molecule has 0 radical (unpaired) electrons. The molecule has 4 nitrogen and oxygen atoms in total. The van der Waals surface area contributed by atoms with Gasteiger partial charge >= 0.3 is 0 Å². The first-order valence-electron chi connectivity index (χ1n) is 9.85. The van der Waals surface area contributed by atoms with Crippen LogP contribution >= 0.6 is 0 Å². The molecule has 1 aliphatic heterocycles. The molecule has 4 heteroatoms. The van der Waals surface area contributed by atoms with E-state index in [0.29, 0.717) is 13.2 Å². The second-order valence-corrected chi connectivity index (χ2v) is 7.60. The van der Waals surface area contributed by atoms with Crippen molar-refractivity contribution >= 4 is 0 Å². The molecule has 0 saturated carbocycles. The van der Waals surface area contributed by atoms with Crippen LogP contribution in [0.1, 0.15) is 29.5 Å². The lowest BCUT2D eigenvalue weighted by molar-refractivity contribution is 0.0313. The van der Waals surface area contributed by atoms with Gasteiger partial charge in [0.2, 0.25) is 0 Å². The summed E-state index contributed by atoms with van der Waals surface area (Å²) in [5.74, 6) is 0.804. The van der Waals surface area contributed by atoms with E-state index < -0.39 is 6.10 Å². The molecule has 1 N–H and O–H groups in total. The monoisotopic (exact) mass is 369 g/mol. The minimum atomic E-state index is -0.544. The fourth-order valence-corrected chi connectivity index (χ4v) is 3.48. The molecule has 0 amide bonds. The summed E-state index contributed by atoms with van der Waals surface area (Å²) in [5, 5.41) is 10.5. The predicted molar refractivity (Wildman–Crippen MR) is 108 cm³/mol. The van der Waals surface area contributed by atoms with Crippen LogP contribution in [-0.2, 0) is 11.3 Å². The van der Waals surface area contributed by atoms with Gasteiger partial charge in [-0.3, -0.25) is 4.90 Å². The SMILES string of the molecule is Cc1ccc(CN(CC(O)COc2cccc(C)c2)CC2CCCO2)cc1. The van der Waals surface area contributed by atoms with E-state index in [1.807, 2.05) is 31.2 Å². The molecular weight excluding hydrogens is 338 g/mol. The van der Waals surface area contributed by atoms with Gasteiger partial charge in [-0.25, -0.2) is 0 Å². The number of aliphatic hydroxyl groups excluding tert-OH is 1. The highest BCUT2D eigenvalue weighted by atomic mass is 16.5. The Labute approximate surface area is 162 Å². The van der Waals surface area contributed by atoms with E-state index in [0.717, 1.165) is 43.9 Å². The second kappa shape index (κ2) is 9.88. The molecule has 1 aliphatic rings. The molecule has 0 aliphatic carbocycles. The van der Waals surface area contributed by atoms with Gasteiger partial charge < -0.3 is 14.6 Å². The van der Waals surface area contributed by atoms with Crippen molar-refractivity contribution in [2.24, 2.45) is 0 Å². The number of aryl methyl sites for hydroxylation is 2. The van der Waals surface area contributed by atoms with Gasteiger partial charge in [-0.1, -0.05) is 42.0 Å². The molecule has 0 bridgehead atoms. The van der Waals surface area contributed by atoms with E-state index in [-0.39, 0.29) is 6.10 Å². The van der Waals surface area contributed by atoms with Gasteiger partial charge in [0.1, 0.15) is 18.5 Å². The number of hydrogen-bond acceptors (Lipinski definition) is 4. The number of nitrogens with zero attached hydrogens (tertiary/aromatic N) is 1. The molecule has 0 aromatic heterocycles. The van der Waals surface area contributed by atoms with E-state index in [9.17, 15) is 5.11 Å². The molecule has 1 heterocycles. The molecular formula is C23H31NO3. The van der Waals surface area contributed by atoms with Gasteiger partial charge in [0.25, 0.3) is 0 Å². The average Bonchev–Trinajstić information content (AvgIpc) is 3.15. The van der Waals surface area contributed by atoms with E-state index in [2.05, 4.69) is 36.1 Å². The molecule has 3 rings (SSSR count). The Morgan fingerprint density at radius 2 is 1.96 bits per heavy atom. The maximum atomic E-state index is 10.5. The van der Waals surface area contributed by atoms with Crippen LogP contribution in [0.3, 0.4) is 0 Å². The molecule has 2 aromatic rings. The van der Waals surface area contributed by atoms with E-state index in [4.69, 9.17) is 9.47 Å². The summed E-state index contributed by atoms with van der Waals surface area (Å²) in [6.07, 6.45) is 1.94. The minimum Gasteiger partial charge on any atom is -0.491 e. The largest absolute Gasteiger partial charge is 0.491 e. The lowest BCUT2D eigenvalue weighted by Gasteiger charge is -2.27. The van der Waals surface area contributed by atoms with Crippen molar-refractivity contribution in [1.29, 1.82) is 0 Å². The number of rotatable bonds is 9. The third kappa shape index (κ3) is 6.65. The van der Waals surface area contributed by atoms with Crippen LogP contribution in [0.4, 0.5) is 0 Å². The highest BCUT2D eigenvalue weighted by Gasteiger charge is 2.21. The molecule has 1 fully saturated rings. The summed E-state index contributed by atoms with van der Waals surface area (Å²) < 4.78 is 11.6. The number of ether oxygens (including phenoxy) is 2. The van der Waals surface area contributed by atoms with Gasteiger partial charge in [0.05, 0.1) is 6.10 Å². The Morgan fingerprint density at radius 3 is 2.67 bits per heavy atom. The van der Waals surface area contributed by atoms with Gasteiger partial charge in [-0.2, -0.15) is 0 Å². The third-order valence-corrected chi connectivity index (χ3v) is 4.91. The van der Waals surface area contributed by atoms with E-state index in [1.165, 1.54) is 11.1 Å². The first kappa shape index (κ1) is 19.9. The smallest absolute Gasteiger partial charge is 0.119 e. The third-order valence-electron chi connectivity index (χ3n) is 4.91. The number of hydrogen-bond donors (Lipinski definition) is 1. The summed E-state index contributed by atoms with van der Waals surface area (Å²) in [7, 11) is 0. The zero-order valence-corrected chi connectivity index (χ0v) is 16.4. The van der Waals surface area contributed by atoms with Gasteiger partial charge in [0, 0.05) is 26.2 Å². The quantitative estimate of drug-likeness (QED) is 0.731. The molecule has 0 spiro atoms. The zero-order valence-electron chi connectivity index (χ0n) is 16.4. The van der Waals surface area contributed by atoms with E-state index in [1.54, 1.807) is 0 Å². The molecule has 2 aromatic carbocycles. The summed E-state index contributed by atoms with van der Waals surface area (Å²) in [6.45, 7) is 7.49. The summed E-state index contributed by atoms with van der Waals surface area (Å²) in [6, 6.07) is 16.5. The summed E-state index contributed by atoms with van der Waals surface area (Å²) >= 11 is 0. The normalized spacial score (nSPS) is 18.0. The fraction of sp³-hybridized carbons (Fsp3) is 0.478. The van der Waals surface area contributed by atoms with Crippen molar-refractivity contribution in [3.05, 3.63) is 65.2 Å². The maximum Gasteiger partial charge on any atom is 0.119 e. The molecule has 2 atom stereocenters. The molecule has 27 heavy (non-hydrogen) atoms. The molecule has 1 saturated heterocycles. The van der Waals surface area contributed by atoms with Crippen molar-refractivity contribution in [1.82, 2.24) is 4.90 Å². The summed E-state index contributed by atoms with van der Waals surface area (Å²) in [4.78, 5) is 2.28. The zero-order chi connectivity index (χ0) is 19.1. The van der Waals surface area contributed by atoms with Crippen molar-refractivity contribution in [2.45, 2.75) is 45.4 Å². The van der Waals surface area contributed by atoms with Gasteiger partial charge in [0.15, 0.2) is 0 Å².